The van der Waals surface area contributed by atoms with Crippen molar-refractivity contribution in [1.82, 2.24) is 0 Å². The van der Waals surface area contributed by atoms with Crippen molar-refractivity contribution in [2.24, 2.45) is 17.3 Å². The Bertz CT molecular complexity index is 712. The van der Waals surface area contributed by atoms with Gasteiger partial charge in [0.15, 0.2) is 11.6 Å². The number of carbonyl (C=O) groups is 1. The Kier molecular flexibility index (Phi) is 4.94. The molecule has 2 nitrogen and oxygen atoms in total. The van der Waals surface area contributed by atoms with E-state index >= 15 is 0 Å². The molecular formula is C16H14Cl2F4O2. The second-order valence-electron chi connectivity index (χ2n) is 6.28. The summed E-state index contributed by atoms with van der Waals surface area (Å²) >= 11 is 11.1. The number of alkyl halides is 2. The van der Waals surface area contributed by atoms with Crippen molar-refractivity contribution < 1.29 is 27.1 Å². The van der Waals surface area contributed by atoms with Gasteiger partial charge in [-0.1, -0.05) is 43.1 Å². The number of aryl methyl sites for hydroxylation is 1. The van der Waals surface area contributed by atoms with Gasteiger partial charge in [-0.25, -0.2) is 8.78 Å². The minimum Gasteiger partial charge on any atom is -0.397 e. The summed E-state index contributed by atoms with van der Waals surface area (Å²) in [6.07, 6.45) is -2.94. The average molecular weight is 385 g/mol. The molecule has 1 saturated carbocycles. The summed E-state index contributed by atoms with van der Waals surface area (Å²) in [5.74, 6) is -5.78. The summed E-state index contributed by atoms with van der Waals surface area (Å²) < 4.78 is 59.5. The molecule has 132 valence electrons. The third kappa shape index (κ3) is 3.40. The standard InChI is InChI=1S/C16H14Cl2F4O2/c1-7-4-5-8(13(20)12(7)19)16(21,22)24-14(23)11-9(6-10(17)18)15(11,2)3/h4-6,9,11H,1-3H3. The largest absolute Gasteiger partial charge is 0.431 e. The van der Waals surface area contributed by atoms with Crippen LogP contribution in [0.5, 0.6) is 0 Å². The highest BCUT2D eigenvalue weighted by atomic mass is 35.5. The Balaban J connectivity index is 2.23. The van der Waals surface area contributed by atoms with Crippen LogP contribution in [0.25, 0.3) is 0 Å². The topological polar surface area (TPSA) is 26.3 Å². The van der Waals surface area contributed by atoms with Crippen molar-refractivity contribution in [2.45, 2.75) is 26.9 Å². The van der Waals surface area contributed by atoms with Gasteiger partial charge in [0.1, 0.15) is 10.1 Å². The number of hydrogen-bond donors (Lipinski definition) is 0. The van der Waals surface area contributed by atoms with Crippen molar-refractivity contribution in [3.05, 3.63) is 45.5 Å². The number of rotatable bonds is 4. The molecule has 0 spiro atoms. The van der Waals surface area contributed by atoms with Gasteiger partial charge in [0.25, 0.3) is 0 Å². The minimum absolute atomic E-state index is 0.0956. The first-order chi connectivity index (χ1) is 10.9. The van der Waals surface area contributed by atoms with E-state index in [-0.39, 0.29) is 10.1 Å². The van der Waals surface area contributed by atoms with Crippen LogP contribution in [0.15, 0.2) is 22.7 Å². The van der Waals surface area contributed by atoms with Gasteiger partial charge in [-0.05, 0) is 36.0 Å². The van der Waals surface area contributed by atoms with Crippen LogP contribution in [0.4, 0.5) is 17.6 Å². The second-order valence-corrected chi connectivity index (χ2v) is 7.28. The summed E-state index contributed by atoms with van der Waals surface area (Å²) in [4.78, 5) is 12.0. The van der Waals surface area contributed by atoms with Gasteiger partial charge < -0.3 is 4.74 Å². The number of allylic oxidation sites excluding steroid dienone is 1. The van der Waals surface area contributed by atoms with E-state index < -0.39 is 46.5 Å². The van der Waals surface area contributed by atoms with Crippen molar-refractivity contribution in [3.8, 4) is 0 Å². The summed E-state index contributed by atoms with van der Waals surface area (Å²) in [7, 11) is 0. The van der Waals surface area contributed by atoms with Crippen molar-refractivity contribution >= 4 is 29.2 Å². The zero-order chi connectivity index (χ0) is 18.4. The molecule has 1 aliphatic carbocycles. The molecule has 0 bridgehead atoms. The van der Waals surface area contributed by atoms with Gasteiger partial charge in [-0.2, -0.15) is 8.78 Å². The van der Waals surface area contributed by atoms with Gasteiger partial charge in [-0.3, -0.25) is 4.79 Å². The van der Waals surface area contributed by atoms with E-state index in [9.17, 15) is 22.4 Å². The molecule has 0 N–H and O–H groups in total. The van der Waals surface area contributed by atoms with E-state index in [1.165, 1.54) is 13.0 Å². The zero-order valence-electron chi connectivity index (χ0n) is 13.0. The molecule has 1 fully saturated rings. The van der Waals surface area contributed by atoms with Crippen LogP contribution in [0.3, 0.4) is 0 Å². The minimum atomic E-state index is -4.30. The fourth-order valence-corrected chi connectivity index (χ4v) is 2.96. The highest BCUT2D eigenvalue weighted by molar-refractivity contribution is 6.55. The van der Waals surface area contributed by atoms with Crippen LogP contribution >= 0.6 is 23.2 Å². The number of carbonyl (C=O) groups excluding carboxylic acids is 1. The SMILES string of the molecule is Cc1ccc(C(F)(F)OC(=O)C2C(C=C(Cl)Cl)C2(C)C)c(F)c1F. The van der Waals surface area contributed by atoms with Crippen molar-refractivity contribution in [3.63, 3.8) is 0 Å². The summed E-state index contributed by atoms with van der Waals surface area (Å²) in [5.41, 5.74) is -2.15. The van der Waals surface area contributed by atoms with E-state index in [4.69, 9.17) is 23.2 Å². The first-order valence-corrected chi connectivity index (χ1v) is 7.73. The van der Waals surface area contributed by atoms with Gasteiger partial charge in [0.2, 0.25) is 0 Å². The van der Waals surface area contributed by atoms with Crippen molar-refractivity contribution in [1.29, 1.82) is 0 Å². The molecule has 2 atom stereocenters. The second kappa shape index (κ2) is 6.23. The Hall–Kier alpha value is -1.27. The van der Waals surface area contributed by atoms with Crippen LogP contribution in [0.1, 0.15) is 25.0 Å². The van der Waals surface area contributed by atoms with E-state index in [1.807, 2.05) is 0 Å². The third-order valence-corrected chi connectivity index (χ3v) is 4.54. The Morgan fingerprint density at radius 2 is 1.83 bits per heavy atom. The van der Waals surface area contributed by atoms with E-state index in [2.05, 4.69) is 4.74 Å². The Morgan fingerprint density at radius 3 is 2.38 bits per heavy atom. The number of benzene rings is 1. The molecule has 0 aliphatic heterocycles. The summed E-state index contributed by atoms with van der Waals surface area (Å²) in [6.45, 7) is 4.54. The normalized spacial score (nSPS) is 22.0. The Labute approximate surface area is 146 Å². The van der Waals surface area contributed by atoms with E-state index in [1.54, 1.807) is 13.8 Å². The van der Waals surface area contributed by atoms with Gasteiger partial charge in [-0.15, -0.1) is 0 Å². The smallest absolute Gasteiger partial charge is 0.397 e. The highest BCUT2D eigenvalue weighted by Crippen LogP contribution is 2.60. The number of ether oxygens (including phenoxy) is 1. The maximum Gasteiger partial charge on any atom is 0.431 e. The van der Waals surface area contributed by atoms with Gasteiger partial charge >= 0.3 is 12.1 Å². The predicted octanol–water partition coefficient (Wildman–Crippen LogP) is 5.46. The fraction of sp³-hybridized carbons (Fsp3) is 0.438. The maximum absolute atomic E-state index is 14.1. The van der Waals surface area contributed by atoms with Gasteiger partial charge in [0, 0.05) is 0 Å². The molecule has 1 aliphatic rings. The molecule has 0 saturated heterocycles. The summed E-state index contributed by atoms with van der Waals surface area (Å²) in [6, 6.07) is 1.67. The fourth-order valence-electron chi connectivity index (χ4n) is 2.69. The molecule has 0 heterocycles. The first-order valence-electron chi connectivity index (χ1n) is 6.98. The molecule has 2 rings (SSSR count). The number of esters is 1. The van der Waals surface area contributed by atoms with Crippen LogP contribution in [-0.2, 0) is 15.6 Å². The van der Waals surface area contributed by atoms with Crippen LogP contribution < -0.4 is 0 Å². The molecule has 0 amide bonds. The maximum atomic E-state index is 14.1. The van der Waals surface area contributed by atoms with Crippen molar-refractivity contribution in [2.75, 3.05) is 0 Å². The first kappa shape index (κ1) is 19.1. The monoisotopic (exact) mass is 384 g/mol. The Morgan fingerprint density at radius 1 is 1.25 bits per heavy atom. The third-order valence-electron chi connectivity index (χ3n) is 4.29. The average Bonchev–Trinajstić information content (AvgIpc) is 2.95. The van der Waals surface area contributed by atoms with Crippen LogP contribution in [0, 0.1) is 35.8 Å². The van der Waals surface area contributed by atoms with E-state index in [0.29, 0.717) is 6.07 Å². The zero-order valence-corrected chi connectivity index (χ0v) is 14.5. The summed E-state index contributed by atoms with van der Waals surface area (Å²) in [5, 5.41) is 0. The molecule has 0 aromatic heterocycles. The molecule has 24 heavy (non-hydrogen) atoms. The molecule has 8 heteroatoms. The molecular weight excluding hydrogens is 371 g/mol. The lowest BCUT2D eigenvalue weighted by atomic mass is 10.1. The molecule has 1 aromatic rings. The lowest BCUT2D eigenvalue weighted by Crippen LogP contribution is -2.26. The molecule has 1 aromatic carbocycles. The lowest BCUT2D eigenvalue weighted by Gasteiger charge is -2.18. The number of halogens is 6. The molecule has 2 unspecified atom stereocenters. The highest BCUT2D eigenvalue weighted by Gasteiger charge is 2.63. The van der Waals surface area contributed by atoms with Gasteiger partial charge in [0.05, 0.1) is 5.92 Å². The quantitative estimate of drug-likeness (QED) is 0.509. The van der Waals surface area contributed by atoms with Crippen LogP contribution in [0.2, 0.25) is 0 Å². The molecule has 0 radical (unpaired) electrons. The predicted molar refractivity (Wildman–Crippen MR) is 81.6 cm³/mol. The lowest BCUT2D eigenvalue weighted by molar-refractivity contribution is -0.243. The van der Waals surface area contributed by atoms with E-state index in [0.717, 1.165) is 6.07 Å². The number of hydrogen-bond acceptors (Lipinski definition) is 2. The van der Waals surface area contributed by atoms with Crippen LogP contribution in [-0.4, -0.2) is 5.97 Å².